The summed E-state index contributed by atoms with van der Waals surface area (Å²) in [5.41, 5.74) is 5.45. The summed E-state index contributed by atoms with van der Waals surface area (Å²) in [5, 5.41) is 11.7. The summed E-state index contributed by atoms with van der Waals surface area (Å²) in [6.45, 7) is 7.15. The van der Waals surface area contributed by atoms with Crippen molar-refractivity contribution in [1.82, 2.24) is 14.8 Å². The molecule has 2 aromatic heterocycles. The first kappa shape index (κ1) is 19.0. The van der Waals surface area contributed by atoms with Crippen LogP contribution in [0.5, 0.6) is 0 Å². The van der Waals surface area contributed by atoms with Crippen LogP contribution in [0.2, 0.25) is 0 Å². The molecule has 0 bridgehead atoms. The summed E-state index contributed by atoms with van der Waals surface area (Å²) in [7, 11) is 0. The van der Waals surface area contributed by atoms with Crippen molar-refractivity contribution in [2.45, 2.75) is 39.7 Å². The predicted molar refractivity (Wildman–Crippen MR) is 118 cm³/mol. The molecule has 1 amide bonds. The van der Waals surface area contributed by atoms with Gasteiger partial charge in [-0.25, -0.2) is 0 Å². The van der Waals surface area contributed by atoms with E-state index < -0.39 is 0 Å². The Hall–Kier alpha value is -3.34. The molecule has 4 aromatic rings. The topological polar surface area (TPSA) is 62.7 Å². The van der Waals surface area contributed by atoms with Crippen LogP contribution in [0.3, 0.4) is 0 Å². The number of nitrogens with zero attached hydrogens (tertiary/aromatic N) is 2. The van der Waals surface area contributed by atoms with Gasteiger partial charge in [-0.2, -0.15) is 5.10 Å². The van der Waals surface area contributed by atoms with Crippen molar-refractivity contribution in [3.63, 3.8) is 0 Å². The fraction of sp³-hybridized carbons (Fsp3) is 0.250. The van der Waals surface area contributed by atoms with Crippen LogP contribution in [0.25, 0.3) is 22.3 Å². The molecular formula is C24H26N4O. The fourth-order valence-electron chi connectivity index (χ4n) is 4.13. The van der Waals surface area contributed by atoms with Crippen molar-refractivity contribution in [1.29, 1.82) is 0 Å². The third kappa shape index (κ3) is 3.44. The number of carbonyl (C=O) groups excluding carboxylic acids is 1. The molecule has 0 saturated carbocycles. The van der Waals surface area contributed by atoms with Gasteiger partial charge in [-0.15, -0.1) is 0 Å². The van der Waals surface area contributed by atoms with E-state index in [9.17, 15) is 4.79 Å². The van der Waals surface area contributed by atoms with Gasteiger partial charge >= 0.3 is 0 Å². The Labute approximate surface area is 170 Å². The Balaban J connectivity index is 1.63. The number of hydrogen-bond donors (Lipinski definition) is 2. The quantitative estimate of drug-likeness (QED) is 0.460. The van der Waals surface area contributed by atoms with E-state index in [1.807, 2.05) is 43.3 Å². The summed E-state index contributed by atoms with van der Waals surface area (Å²) < 4.78 is 2.28. The van der Waals surface area contributed by atoms with Gasteiger partial charge in [0.1, 0.15) is 0 Å². The minimum Gasteiger partial charge on any atom is -0.339 e. The molecule has 5 nitrogen and oxygen atoms in total. The molecule has 0 aliphatic rings. The predicted octanol–water partition coefficient (Wildman–Crippen LogP) is 5.49. The van der Waals surface area contributed by atoms with E-state index in [0.717, 1.165) is 29.9 Å². The number of rotatable bonds is 6. The highest BCUT2D eigenvalue weighted by atomic mass is 16.2. The number of H-pyrrole nitrogens is 1. The lowest BCUT2D eigenvalue weighted by molar-refractivity contribution is -0.117. The van der Waals surface area contributed by atoms with E-state index in [1.54, 1.807) is 0 Å². The fourth-order valence-corrected chi connectivity index (χ4v) is 4.13. The number of fused-ring (bicyclic) bond motifs is 1. The standard InChI is InChI=1S/C24H26N4O/c1-4-18(17-11-7-6-8-12-17)24(29)25-22-15-20(26-27-22)23-16(3)19-13-9-10-14-21(19)28(23)5-2/h6-15,18H,4-5H2,1-3H3,(H2,25,26,27,29). The smallest absolute Gasteiger partial charge is 0.233 e. The van der Waals surface area contributed by atoms with Crippen molar-refractivity contribution < 1.29 is 4.79 Å². The molecular weight excluding hydrogens is 360 g/mol. The zero-order chi connectivity index (χ0) is 20.4. The first-order valence-corrected chi connectivity index (χ1v) is 10.1. The average molecular weight is 386 g/mol. The first-order chi connectivity index (χ1) is 14.1. The van der Waals surface area contributed by atoms with Gasteiger partial charge in [-0.05, 0) is 37.5 Å². The van der Waals surface area contributed by atoms with Crippen LogP contribution in [-0.4, -0.2) is 20.7 Å². The number of anilines is 1. The van der Waals surface area contributed by atoms with Crippen molar-refractivity contribution >= 4 is 22.6 Å². The SMILES string of the molecule is CCC(C(=O)Nc1cc(-c2c(C)c3ccccc3n2CC)[nH]n1)c1ccccc1. The Bertz CT molecular complexity index is 1140. The lowest BCUT2D eigenvalue weighted by Gasteiger charge is -2.14. The highest BCUT2D eigenvalue weighted by Gasteiger charge is 2.21. The summed E-state index contributed by atoms with van der Waals surface area (Å²) in [6.07, 6.45) is 0.732. The maximum Gasteiger partial charge on any atom is 0.233 e. The van der Waals surface area contributed by atoms with Gasteiger partial charge in [-0.3, -0.25) is 9.89 Å². The number of aromatic amines is 1. The molecule has 1 atom stereocenters. The van der Waals surface area contributed by atoms with Crippen LogP contribution in [0.15, 0.2) is 60.7 Å². The van der Waals surface area contributed by atoms with Crippen LogP contribution in [-0.2, 0) is 11.3 Å². The van der Waals surface area contributed by atoms with Gasteiger partial charge in [0, 0.05) is 23.5 Å². The number of aromatic nitrogens is 3. The lowest BCUT2D eigenvalue weighted by Crippen LogP contribution is -2.20. The van der Waals surface area contributed by atoms with Gasteiger partial charge in [0.05, 0.1) is 17.3 Å². The zero-order valence-electron chi connectivity index (χ0n) is 17.1. The number of para-hydroxylation sites is 1. The summed E-state index contributed by atoms with van der Waals surface area (Å²) in [4.78, 5) is 12.9. The van der Waals surface area contributed by atoms with Gasteiger partial charge in [0.2, 0.25) is 5.91 Å². The third-order valence-corrected chi connectivity index (χ3v) is 5.55. The van der Waals surface area contributed by atoms with Crippen LogP contribution >= 0.6 is 0 Å². The first-order valence-electron chi connectivity index (χ1n) is 10.1. The molecule has 2 N–H and O–H groups in total. The molecule has 2 heterocycles. The van der Waals surface area contributed by atoms with E-state index in [0.29, 0.717) is 5.82 Å². The number of benzene rings is 2. The molecule has 148 valence electrons. The van der Waals surface area contributed by atoms with Crippen molar-refractivity contribution in [2.24, 2.45) is 0 Å². The number of carbonyl (C=O) groups is 1. The lowest BCUT2D eigenvalue weighted by atomic mass is 9.96. The maximum atomic E-state index is 12.9. The van der Waals surface area contributed by atoms with Gasteiger partial charge in [-0.1, -0.05) is 55.5 Å². The van der Waals surface area contributed by atoms with Crippen LogP contribution in [0, 0.1) is 6.92 Å². The van der Waals surface area contributed by atoms with Crippen LogP contribution < -0.4 is 5.32 Å². The molecule has 0 aliphatic heterocycles. The largest absolute Gasteiger partial charge is 0.339 e. The highest BCUT2D eigenvalue weighted by Crippen LogP contribution is 2.33. The molecule has 0 aliphatic carbocycles. The van der Waals surface area contributed by atoms with Crippen molar-refractivity contribution in [3.8, 4) is 11.4 Å². The molecule has 2 aromatic carbocycles. The summed E-state index contributed by atoms with van der Waals surface area (Å²) in [5.74, 6) is 0.316. The molecule has 1 unspecified atom stereocenters. The van der Waals surface area contributed by atoms with Gasteiger partial charge in [0.15, 0.2) is 5.82 Å². The van der Waals surface area contributed by atoms with Gasteiger partial charge in [0.25, 0.3) is 0 Å². The second-order valence-corrected chi connectivity index (χ2v) is 7.26. The zero-order valence-corrected chi connectivity index (χ0v) is 17.1. The monoisotopic (exact) mass is 386 g/mol. The Morgan fingerprint density at radius 1 is 1.10 bits per heavy atom. The Kier molecular flexibility index (Phi) is 5.21. The van der Waals surface area contributed by atoms with Crippen molar-refractivity contribution in [3.05, 3.63) is 71.8 Å². The highest BCUT2D eigenvalue weighted by molar-refractivity contribution is 5.96. The minimum absolute atomic E-state index is 0.0375. The molecule has 29 heavy (non-hydrogen) atoms. The second-order valence-electron chi connectivity index (χ2n) is 7.26. The normalized spacial score (nSPS) is 12.2. The van der Waals surface area contributed by atoms with E-state index >= 15 is 0 Å². The van der Waals surface area contributed by atoms with Crippen molar-refractivity contribution in [2.75, 3.05) is 5.32 Å². The minimum atomic E-state index is -0.194. The maximum absolute atomic E-state index is 12.9. The number of nitrogens with one attached hydrogen (secondary N) is 2. The van der Waals surface area contributed by atoms with Crippen LogP contribution in [0.4, 0.5) is 5.82 Å². The number of amides is 1. The molecule has 0 radical (unpaired) electrons. The number of aryl methyl sites for hydroxylation is 2. The summed E-state index contributed by atoms with van der Waals surface area (Å²) >= 11 is 0. The Morgan fingerprint density at radius 2 is 1.83 bits per heavy atom. The third-order valence-electron chi connectivity index (χ3n) is 5.55. The molecule has 5 heteroatoms. The molecule has 0 fully saturated rings. The van der Waals surface area contributed by atoms with E-state index in [4.69, 9.17) is 0 Å². The molecule has 0 saturated heterocycles. The van der Waals surface area contributed by atoms with E-state index in [2.05, 4.69) is 58.2 Å². The summed E-state index contributed by atoms with van der Waals surface area (Å²) in [6, 6.07) is 20.2. The second kappa shape index (κ2) is 7.95. The Morgan fingerprint density at radius 3 is 2.55 bits per heavy atom. The van der Waals surface area contributed by atoms with E-state index in [1.165, 1.54) is 16.5 Å². The van der Waals surface area contributed by atoms with Crippen LogP contribution in [0.1, 0.15) is 37.3 Å². The molecule has 4 rings (SSSR count). The van der Waals surface area contributed by atoms with E-state index in [-0.39, 0.29) is 11.8 Å². The number of hydrogen-bond acceptors (Lipinski definition) is 2. The van der Waals surface area contributed by atoms with Gasteiger partial charge < -0.3 is 9.88 Å². The average Bonchev–Trinajstić information content (AvgIpc) is 3.31. The molecule has 0 spiro atoms.